The first-order valence-electron chi connectivity index (χ1n) is 9.35. The first-order valence-corrected chi connectivity index (χ1v) is 10.8. The molecule has 30 heavy (non-hydrogen) atoms. The molecule has 154 valence electrons. The Morgan fingerprint density at radius 2 is 1.67 bits per heavy atom. The van der Waals surface area contributed by atoms with E-state index in [0.717, 1.165) is 22.3 Å². The molecule has 0 aliphatic carbocycles. The number of nitrogens with zero attached hydrogens (tertiary/aromatic N) is 1. The van der Waals surface area contributed by atoms with Gasteiger partial charge in [-0.05, 0) is 61.7 Å². The number of amides is 1. The van der Waals surface area contributed by atoms with Crippen LogP contribution < -0.4 is 10.1 Å². The van der Waals surface area contributed by atoms with Gasteiger partial charge in [0.15, 0.2) is 0 Å². The maximum absolute atomic E-state index is 12.8. The highest BCUT2D eigenvalue weighted by Gasteiger charge is 2.17. The normalized spacial score (nSPS) is 11.4. The highest BCUT2D eigenvalue weighted by molar-refractivity contribution is 7.92. The van der Waals surface area contributed by atoms with Crippen molar-refractivity contribution in [2.24, 2.45) is 5.10 Å². The van der Waals surface area contributed by atoms with Crippen LogP contribution in [0.1, 0.15) is 32.6 Å². The van der Waals surface area contributed by atoms with Gasteiger partial charge in [0.2, 0.25) is 0 Å². The summed E-state index contributed by atoms with van der Waals surface area (Å²) in [6, 6.07) is 18.9. The highest BCUT2D eigenvalue weighted by atomic mass is 32.2. The van der Waals surface area contributed by atoms with Crippen LogP contribution in [-0.2, 0) is 10.0 Å². The lowest BCUT2D eigenvalue weighted by Gasteiger charge is -2.12. The molecule has 0 fully saturated rings. The second-order valence-corrected chi connectivity index (χ2v) is 8.69. The summed E-state index contributed by atoms with van der Waals surface area (Å²) in [7, 11) is -3.84. The predicted octanol–water partition coefficient (Wildman–Crippen LogP) is 4.18. The number of benzene rings is 3. The van der Waals surface area contributed by atoms with E-state index in [9.17, 15) is 13.2 Å². The zero-order valence-corrected chi connectivity index (χ0v) is 17.8. The molecule has 0 aromatic heterocycles. The van der Waals surface area contributed by atoms with Gasteiger partial charge >= 0.3 is 0 Å². The fourth-order valence-electron chi connectivity index (χ4n) is 2.89. The molecular formula is C23H23N3O3S. The maximum atomic E-state index is 12.8. The summed E-state index contributed by atoms with van der Waals surface area (Å²) in [6.45, 7) is 5.72. The van der Waals surface area contributed by atoms with Crippen LogP contribution in [0.5, 0.6) is 0 Å². The topological polar surface area (TPSA) is 87.6 Å². The third kappa shape index (κ3) is 5.12. The van der Waals surface area contributed by atoms with Crippen LogP contribution in [0.25, 0.3) is 0 Å². The van der Waals surface area contributed by atoms with Crippen molar-refractivity contribution in [1.29, 1.82) is 0 Å². The molecule has 3 aromatic carbocycles. The molecule has 0 saturated heterocycles. The Bertz CT molecular complexity index is 1220. The van der Waals surface area contributed by atoms with Gasteiger partial charge in [0.05, 0.1) is 16.8 Å². The Balaban J connectivity index is 1.76. The number of aryl methyl sites for hydroxylation is 3. The average molecular weight is 422 g/mol. The van der Waals surface area contributed by atoms with Crippen LogP contribution >= 0.6 is 0 Å². The second-order valence-electron chi connectivity index (χ2n) is 7.01. The number of sulfonamides is 1. The van der Waals surface area contributed by atoms with Crippen molar-refractivity contribution >= 4 is 27.8 Å². The van der Waals surface area contributed by atoms with E-state index in [0.29, 0.717) is 5.69 Å². The van der Waals surface area contributed by atoms with E-state index < -0.39 is 15.9 Å². The van der Waals surface area contributed by atoms with Crippen molar-refractivity contribution < 1.29 is 13.2 Å². The molecule has 0 bridgehead atoms. The number of anilines is 1. The fourth-order valence-corrected chi connectivity index (χ4v) is 4.07. The van der Waals surface area contributed by atoms with Crippen LogP contribution in [0.3, 0.4) is 0 Å². The van der Waals surface area contributed by atoms with Gasteiger partial charge in [-0.15, -0.1) is 0 Å². The van der Waals surface area contributed by atoms with Gasteiger partial charge in [-0.2, -0.15) is 5.10 Å². The molecule has 0 radical (unpaired) electrons. The minimum absolute atomic E-state index is 0.00184. The molecule has 0 saturated carbocycles. The lowest BCUT2D eigenvalue weighted by molar-refractivity contribution is 0.0955. The maximum Gasteiger partial charge on any atom is 0.271 e. The molecule has 0 spiro atoms. The third-order valence-electron chi connectivity index (χ3n) is 4.59. The monoisotopic (exact) mass is 421 g/mol. The van der Waals surface area contributed by atoms with Crippen molar-refractivity contribution in [3.63, 3.8) is 0 Å². The molecule has 0 atom stereocenters. The van der Waals surface area contributed by atoms with Gasteiger partial charge in [-0.25, -0.2) is 13.8 Å². The smallest absolute Gasteiger partial charge is 0.271 e. The summed E-state index contributed by atoms with van der Waals surface area (Å²) < 4.78 is 28.1. The van der Waals surface area contributed by atoms with Crippen LogP contribution in [0.4, 0.5) is 5.69 Å². The van der Waals surface area contributed by atoms with Crippen LogP contribution in [-0.4, -0.2) is 20.5 Å². The molecule has 6 nitrogen and oxygen atoms in total. The first kappa shape index (κ1) is 21.3. The number of rotatable bonds is 6. The summed E-state index contributed by atoms with van der Waals surface area (Å²) in [5, 5.41) is 3.97. The number of hydrogen-bond acceptors (Lipinski definition) is 4. The second kappa shape index (κ2) is 8.92. The number of carbonyl (C=O) groups is 1. The zero-order chi connectivity index (χ0) is 21.7. The quantitative estimate of drug-likeness (QED) is 0.462. The third-order valence-corrected chi connectivity index (χ3v) is 5.95. The SMILES string of the molecule is Cc1ccc(NS(=O)(=O)c2cccc(C(=O)N/N=C\c3ccccc3C)c2)c(C)c1. The van der Waals surface area contributed by atoms with Gasteiger partial charge in [0, 0.05) is 5.56 Å². The number of hydrazone groups is 1. The number of carbonyl (C=O) groups excluding carboxylic acids is 1. The summed E-state index contributed by atoms with van der Waals surface area (Å²) >= 11 is 0. The molecule has 1 amide bonds. The largest absolute Gasteiger partial charge is 0.279 e. The van der Waals surface area contributed by atoms with Crippen molar-refractivity contribution in [3.05, 3.63) is 94.5 Å². The summed E-state index contributed by atoms with van der Waals surface area (Å²) in [6.07, 6.45) is 1.55. The molecule has 3 rings (SSSR count). The Morgan fingerprint density at radius 3 is 2.40 bits per heavy atom. The summed E-state index contributed by atoms with van der Waals surface area (Å²) in [5.41, 5.74) is 6.90. The molecule has 3 aromatic rings. The van der Waals surface area contributed by atoms with E-state index in [2.05, 4.69) is 15.2 Å². The lowest BCUT2D eigenvalue weighted by Crippen LogP contribution is -2.19. The highest BCUT2D eigenvalue weighted by Crippen LogP contribution is 2.21. The molecule has 7 heteroatoms. The Morgan fingerprint density at radius 1 is 0.900 bits per heavy atom. The molecule has 0 aliphatic rings. The Hall–Kier alpha value is -3.45. The summed E-state index contributed by atoms with van der Waals surface area (Å²) in [5.74, 6) is -0.497. The lowest BCUT2D eigenvalue weighted by atomic mass is 10.1. The van der Waals surface area contributed by atoms with E-state index in [1.54, 1.807) is 12.3 Å². The zero-order valence-electron chi connectivity index (χ0n) is 17.0. The van der Waals surface area contributed by atoms with Gasteiger partial charge in [0.25, 0.3) is 15.9 Å². The van der Waals surface area contributed by atoms with Gasteiger partial charge in [0.1, 0.15) is 0 Å². The predicted molar refractivity (Wildman–Crippen MR) is 119 cm³/mol. The van der Waals surface area contributed by atoms with E-state index in [1.165, 1.54) is 24.3 Å². The standard InChI is InChI=1S/C23H23N3O3S/c1-16-11-12-22(18(3)13-16)26-30(28,29)21-10-6-9-19(14-21)23(27)25-24-15-20-8-5-4-7-17(20)2/h4-15,26H,1-3H3,(H,25,27)/b24-15-. The van der Waals surface area contributed by atoms with Crippen molar-refractivity contribution in [2.45, 2.75) is 25.7 Å². The van der Waals surface area contributed by atoms with Crippen molar-refractivity contribution in [2.75, 3.05) is 4.72 Å². The van der Waals surface area contributed by atoms with Crippen LogP contribution in [0.15, 0.2) is 76.7 Å². The van der Waals surface area contributed by atoms with Crippen LogP contribution in [0.2, 0.25) is 0 Å². The fraction of sp³-hybridized carbons (Fsp3) is 0.130. The number of hydrogen-bond donors (Lipinski definition) is 2. The summed E-state index contributed by atoms with van der Waals surface area (Å²) in [4.78, 5) is 12.4. The van der Waals surface area contributed by atoms with Gasteiger partial charge in [-0.3, -0.25) is 9.52 Å². The van der Waals surface area contributed by atoms with Crippen molar-refractivity contribution in [1.82, 2.24) is 5.43 Å². The minimum Gasteiger partial charge on any atom is -0.279 e. The molecule has 0 aliphatic heterocycles. The van der Waals surface area contributed by atoms with E-state index in [-0.39, 0.29) is 10.5 Å². The van der Waals surface area contributed by atoms with Crippen LogP contribution in [0, 0.1) is 20.8 Å². The first-order chi connectivity index (χ1) is 14.3. The van der Waals surface area contributed by atoms with Gasteiger partial charge in [-0.1, -0.05) is 48.0 Å². The minimum atomic E-state index is -3.84. The molecule has 0 heterocycles. The van der Waals surface area contributed by atoms with Gasteiger partial charge < -0.3 is 0 Å². The van der Waals surface area contributed by atoms with E-state index in [1.807, 2.05) is 57.2 Å². The van der Waals surface area contributed by atoms with Crippen molar-refractivity contribution in [3.8, 4) is 0 Å². The van der Waals surface area contributed by atoms with E-state index in [4.69, 9.17) is 0 Å². The molecular weight excluding hydrogens is 398 g/mol. The Kier molecular flexibility index (Phi) is 6.32. The average Bonchev–Trinajstić information content (AvgIpc) is 2.71. The molecule has 0 unspecified atom stereocenters. The Labute approximate surface area is 176 Å². The molecule has 2 N–H and O–H groups in total. The van der Waals surface area contributed by atoms with E-state index >= 15 is 0 Å². The number of nitrogens with one attached hydrogen (secondary N) is 2.